The lowest BCUT2D eigenvalue weighted by Gasteiger charge is -1.96. The quantitative estimate of drug-likeness (QED) is 0.311. The molecule has 0 atom stereocenters. The van der Waals surface area contributed by atoms with E-state index < -0.39 is 0 Å². The number of benzene rings is 1. The summed E-state index contributed by atoms with van der Waals surface area (Å²) in [6, 6.07) is 9.55. The van der Waals surface area contributed by atoms with E-state index in [-0.39, 0.29) is 0 Å². The smallest absolute Gasteiger partial charge is 0.273 e. The van der Waals surface area contributed by atoms with Crippen LogP contribution in [0, 0.1) is 0 Å². The first-order valence-electron chi connectivity index (χ1n) is 4.12. The fourth-order valence-corrected chi connectivity index (χ4v) is 0.820. The molecule has 0 saturated heterocycles. The summed E-state index contributed by atoms with van der Waals surface area (Å²) in [5.74, 6) is 1.57. The predicted molar refractivity (Wildman–Crippen MR) is 50.4 cm³/mol. The molecule has 0 aromatic heterocycles. The first-order valence-corrected chi connectivity index (χ1v) is 4.12. The van der Waals surface area contributed by atoms with Gasteiger partial charge in [-0.3, -0.25) is 4.81 Å². The van der Waals surface area contributed by atoms with Crippen molar-refractivity contribution < 1.29 is 35.3 Å². The van der Waals surface area contributed by atoms with Gasteiger partial charge >= 0.3 is 7.48 Å². The average Bonchev–Trinajstić information content (AvgIpc) is 2.34. The van der Waals surface area contributed by atoms with Crippen molar-refractivity contribution in [3.8, 4) is 0 Å². The minimum absolute atomic E-state index is 0.997. The highest BCUT2D eigenvalue weighted by molar-refractivity contribution is 6.35. The molecular weight excluding hydrogens is 219 g/mol. The van der Waals surface area contributed by atoms with Crippen LogP contribution in [0.5, 0.6) is 0 Å². The zero-order valence-corrected chi connectivity index (χ0v) is 8.02. The van der Waals surface area contributed by atoms with Crippen LogP contribution < -0.4 is 0 Å². The van der Waals surface area contributed by atoms with Crippen LogP contribution in [-0.2, 0) is 30.0 Å². The van der Waals surface area contributed by atoms with E-state index in [0.717, 1.165) is 5.56 Å². The van der Waals surface area contributed by atoms with Crippen molar-refractivity contribution >= 4 is 13.6 Å². The second kappa shape index (κ2) is 9.01. The molecule has 7 nitrogen and oxygen atoms in total. The lowest BCUT2D eigenvalue weighted by molar-refractivity contribution is -0.780. The highest BCUT2D eigenvalue weighted by atomic mass is 17.9. The Morgan fingerprint density at radius 3 is 2.50 bits per heavy atom. The molecule has 0 aliphatic carbocycles. The lowest BCUT2D eigenvalue weighted by Crippen LogP contribution is -2.01. The van der Waals surface area contributed by atoms with E-state index in [9.17, 15) is 0 Å². The molecule has 1 aromatic rings. The van der Waals surface area contributed by atoms with E-state index in [2.05, 4.69) is 30.0 Å². The molecule has 0 unspecified atom stereocenters. The van der Waals surface area contributed by atoms with Gasteiger partial charge < -0.3 is 0 Å². The molecule has 0 spiro atoms. The summed E-state index contributed by atoms with van der Waals surface area (Å²) in [7, 11) is 1.19. The van der Waals surface area contributed by atoms with Crippen molar-refractivity contribution in [2.75, 3.05) is 0 Å². The molecule has 0 bridgehead atoms. The Labute approximate surface area is 91.5 Å². The van der Waals surface area contributed by atoms with Gasteiger partial charge in [0.05, 0.1) is 0 Å². The van der Waals surface area contributed by atoms with Crippen molar-refractivity contribution in [3.05, 3.63) is 41.9 Å². The average molecular weight is 227 g/mol. The van der Waals surface area contributed by atoms with E-state index in [4.69, 9.17) is 5.26 Å². The summed E-state index contributed by atoms with van der Waals surface area (Å²) in [4.78, 5) is 4.33. The number of rotatable bonds is 8. The molecule has 0 aliphatic rings. The summed E-state index contributed by atoms with van der Waals surface area (Å²) in [5.41, 5.74) is 0.997. The molecule has 0 heterocycles. The van der Waals surface area contributed by atoms with Crippen molar-refractivity contribution in [2.45, 2.75) is 0 Å². The van der Waals surface area contributed by atoms with Crippen LogP contribution in [0.25, 0.3) is 6.08 Å². The van der Waals surface area contributed by atoms with Crippen LogP contribution in [0.1, 0.15) is 5.56 Å². The van der Waals surface area contributed by atoms with Gasteiger partial charge in [0.25, 0.3) is 0 Å². The van der Waals surface area contributed by atoms with Gasteiger partial charge in [-0.05, 0) is 25.7 Å². The van der Waals surface area contributed by atoms with Crippen LogP contribution in [0.3, 0.4) is 0 Å². The van der Waals surface area contributed by atoms with Gasteiger partial charge in [-0.1, -0.05) is 47.4 Å². The van der Waals surface area contributed by atoms with Gasteiger partial charge in [0.2, 0.25) is 0 Å². The zero-order valence-electron chi connectivity index (χ0n) is 8.02. The highest BCUT2D eigenvalue weighted by Crippen LogP contribution is 2.00. The van der Waals surface area contributed by atoms with E-state index in [1.807, 2.05) is 30.3 Å². The van der Waals surface area contributed by atoms with Crippen LogP contribution in [0.15, 0.2) is 36.3 Å². The minimum Gasteiger partial charge on any atom is -0.273 e. The van der Waals surface area contributed by atoms with Crippen molar-refractivity contribution in [3.63, 3.8) is 0 Å². The Kier molecular flexibility index (Phi) is 7.21. The SMILES string of the molecule is OOOOOOO[B]/C=C/c1ccccc1. The Bertz CT molecular complexity index is 292. The largest absolute Gasteiger partial charge is 0.378 e. The highest BCUT2D eigenvalue weighted by Gasteiger charge is 1.92. The second-order valence-corrected chi connectivity index (χ2v) is 2.35. The molecule has 1 N–H and O–H groups in total. The third kappa shape index (κ3) is 6.27. The summed E-state index contributed by atoms with van der Waals surface area (Å²) < 4.78 is 0. The molecule has 1 aromatic carbocycles. The second-order valence-electron chi connectivity index (χ2n) is 2.35. The van der Waals surface area contributed by atoms with Crippen LogP contribution in [0.4, 0.5) is 0 Å². The molecule has 0 amide bonds. The standard InChI is InChI=1S/C8H8BO7/c10-12-14-16-15-13-11-9-7-6-8-4-2-1-3-5-8/h1-7,10H/b7-6+. The molecule has 0 aliphatic heterocycles. The topological polar surface area (TPSA) is 75.6 Å². The van der Waals surface area contributed by atoms with E-state index in [1.54, 1.807) is 12.1 Å². The normalized spacial score (nSPS) is 10.8. The van der Waals surface area contributed by atoms with E-state index in [0.29, 0.717) is 0 Å². The van der Waals surface area contributed by atoms with Crippen molar-refractivity contribution in [1.29, 1.82) is 0 Å². The molecule has 16 heavy (non-hydrogen) atoms. The van der Waals surface area contributed by atoms with E-state index >= 15 is 0 Å². The molecule has 1 radical (unpaired) electrons. The van der Waals surface area contributed by atoms with Gasteiger partial charge in [0.15, 0.2) is 0 Å². The maximum Gasteiger partial charge on any atom is 0.378 e. The lowest BCUT2D eigenvalue weighted by atomic mass is 10.0. The molecular formula is C8H8BO7. The maximum absolute atomic E-state index is 7.59. The van der Waals surface area contributed by atoms with Gasteiger partial charge in [-0.15, -0.1) is 0 Å². The molecule has 8 heteroatoms. The Morgan fingerprint density at radius 2 is 1.75 bits per heavy atom. The Balaban J connectivity index is 2.01. The minimum atomic E-state index is 0.997. The third-order valence-corrected chi connectivity index (χ3v) is 1.38. The number of hydrogen-bond acceptors (Lipinski definition) is 7. The van der Waals surface area contributed by atoms with Crippen molar-refractivity contribution in [2.24, 2.45) is 0 Å². The summed E-state index contributed by atoms with van der Waals surface area (Å²) in [6.07, 6.45) is 1.78. The monoisotopic (exact) mass is 227 g/mol. The predicted octanol–water partition coefficient (Wildman–Crippen LogP) is 1.42. The molecule has 0 fully saturated rings. The molecule has 0 saturated carbocycles. The van der Waals surface area contributed by atoms with Crippen LogP contribution in [-0.4, -0.2) is 12.7 Å². The molecule has 1 rings (SSSR count). The molecule has 85 valence electrons. The first-order chi connectivity index (χ1) is 7.93. The Hall–Kier alpha value is -1.26. The summed E-state index contributed by atoms with van der Waals surface area (Å²) in [6.45, 7) is 0. The zero-order chi connectivity index (χ0) is 11.5. The van der Waals surface area contributed by atoms with Gasteiger partial charge in [0, 0.05) is 0 Å². The fraction of sp³-hybridized carbons (Fsp3) is 0. The van der Waals surface area contributed by atoms with Crippen LogP contribution >= 0.6 is 0 Å². The summed E-state index contributed by atoms with van der Waals surface area (Å²) >= 11 is 0. The van der Waals surface area contributed by atoms with Gasteiger partial charge in [0.1, 0.15) is 0 Å². The van der Waals surface area contributed by atoms with Gasteiger partial charge in [-0.25, -0.2) is 5.26 Å². The van der Waals surface area contributed by atoms with Gasteiger partial charge in [-0.2, -0.15) is 0 Å². The fourth-order valence-electron chi connectivity index (χ4n) is 0.820. The summed E-state index contributed by atoms with van der Waals surface area (Å²) in [5, 5.41) is 25.3. The maximum atomic E-state index is 7.59. The van der Waals surface area contributed by atoms with Crippen molar-refractivity contribution in [1.82, 2.24) is 0 Å². The van der Waals surface area contributed by atoms with E-state index in [1.165, 1.54) is 7.48 Å². The first kappa shape index (κ1) is 12.8. The third-order valence-electron chi connectivity index (χ3n) is 1.38. The Morgan fingerprint density at radius 1 is 1.00 bits per heavy atom. The number of hydrogen-bond donors (Lipinski definition) is 1. The van der Waals surface area contributed by atoms with Crippen LogP contribution in [0.2, 0.25) is 0 Å².